The summed E-state index contributed by atoms with van der Waals surface area (Å²) < 4.78 is 0. The zero-order valence-corrected chi connectivity index (χ0v) is 9.26. The highest BCUT2D eigenvalue weighted by Gasteiger charge is 2.40. The van der Waals surface area contributed by atoms with Crippen molar-refractivity contribution in [3.05, 3.63) is 24.3 Å². The molecule has 5 heteroatoms. The van der Waals surface area contributed by atoms with Crippen molar-refractivity contribution in [2.45, 2.75) is 19.9 Å². The van der Waals surface area contributed by atoms with Gasteiger partial charge in [-0.25, -0.2) is 9.97 Å². The average molecular weight is 221 g/mol. The van der Waals surface area contributed by atoms with Crippen molar-refractivity contribution < 1.29 is 9.90 Å². The van der Waals surface area contributed by atoms with E-state index in [9.17, 15) is 4.79 Å². The summed E-state index contributed by atoms with van der Waals surface area (Å²) in [6.45, 7) is 3.90. The highest BCUT2D eigenvalue weighted by atomic mass is 16.4. The summed E-state index contributed by atoms with van der Waals surface area (Å²) in [7, 11) is 0. The Bertz CT molecular complexity index is 382. The molecular weight excluding hydrogens is 206 g/mol. The third kappa shape index (κ3) is 2.19. The molecule has 1 N–H and O–H groups in total. The average Bonchev–Trinajstić information content (AvgIpc) is 2.63. The summed E-state index contributed by atoms with van der Waals surface area (Å²) >= 11 is 0. The predicted octanol–water partition coefficient (Wildman–Crippen LogP) is 0.773. The largest absolute Gasteiger partial charge is 0.481 e. The number of hydrogen-bond donors (Lipinski definition) is 1. The Balaban J connectivity index is 1.98. The van der Waals surface area contributed by atoms with Crippen LogP contribution in [0.3, 0.4) is 0 Å². The Morgan fingerprint density at radius 1 is 1.69 bits per heavy atom. The van der Waals surface area contributed by atoms with E-state index < -0.39 is 11.4 Å². The lowest BCUT2D eigenvalue weighted by Crippen LogP contribution is -2.31. The van der Waals surface area contributed by atoms with E-state index in [-0.39, 0.29) is 0 Å². The first-order valence-corrected chi connectivity index (χ1v) is 5.31. The van der Waals surface area contributed by atoms with Crippen molar-refractivity contribution in [2.24, 2.45) is 5.41 Å². The van der Waals surface area contributed by atoms with E-state index in [0.717, 1.165) is 12.2 Å². The van der Waals surface area contributed by atoms with E-state index in [1.807, 2.05) is 6.07 Å². The molecule has 1 aromatic rings. The van der Waals surface area contributed by atoms with E-state index in [4.69, 9.17) is 5.11 Å². The summed E-state index contributed by atoms with van der Waals surface area (Å²) in [6, 6.07) is 1.86. The zero-order chi connectivity index (χ0) is 11.6. The van der Waals surface area contributed by atoms with E-state index in [1.165, 1.54) is 6.33 Å². The van der Waals surface area contributed by atoms with Crippen LogP contribution >= 0.6 is 0 Å². The number of rotatable bonds is 3. The van der Waals surface area contributed by atoms with Gasteiger partial charge in [-0.2, -0.15) is 0 Å². The monoisotopic (exact) mass is 221 g/mol. The molecule has 0 spiro atoms. The van der Waals surface area contributed by atoms with Gasteiger partial charge in [0.2, 0.25) is 0 Å². The fourth-order valence-corrected chi connectivity index (χ4v) is 2.01. The fraction of sp³-hybridized carbons (Fsp3) is 0.545. The van der Waals surface area contributed by atoms with E-state index in [2.05, 4.69) is 14.9 Å². The molecule has 5 nitrogen and oxygen atoms in total. The maximum absolute atomic E-state index is 11.1. The van der Waals surface area contributed by atoms with Crippen molar-refractivity contribution in [1.82, 2.24) is 14.9 Å². The molecule has 1 fully saturated rings. The molecule has 86 valence electrons. The number of carbonyl (C=O) groups is 1. The van der Waals surface area contributed by atoms with Crippen LogP contribution in [0.2, 0.25) is 0 Å². The number of aliphatic carboxylic acids is 1. The molecule has 0 bridgehead atoms. The number of likely N-dealkylation sites (tertiary alicyclic amines) is 1. The summed E-state index contributed by atoms with van der Waals surface area (Å²) in [5.74, 6) is -0.710. The Kier molecular flexibility index (Phi) is 2.87. The summed E-state index contributed by atoms with van der Waals surface area (Å²) in [6.07, 6.45) is 3.92. The first-order chi connectivity index (χ1) is 7.60. The van der Waals surface area contributed by atoms with Gasteiger partial charge in [-0.15, -0.1) is 0 Å². The summed E-state index contributed by atoms with van der Waals surface area (Å²) in [5, 5.41) is 9.10. The van der Waals surface area contributed by atoms with Crippen LogP contribution in [0, 0.1) is 5.41 Å². The van der Waals surface area contributed by atoms with Gasteiger partial charge in [0.25, 0.3) is 0 Å². The molecule has 0 amide bonds. The normalized spacial score (nSPS) is 25.8. The van der Waals surface area contributed by atoms with Crippen molar-refractivity contribution in [2.75, 3.05) is 13.1 Å². The standard InChI is InChI=1S/C11H15N3O2/c1-11(10(15)16)3-5-14(7-11)6-9-2-4-12-8-13-9/h2,4,8H,3,5-7H2,1H3,(H,15,16). The molecule has 16 heavy (non-hydrogen) atoms. The number of carboxylic acids is 1. The second-order valence-electron chi connectivity index (χ2n) is 4.53. The quantitative estimate of drug-likeness (QED) is 0.816. The second kappa shape index (κ2) is 4.17. The first-order valence-electron chi connectivity index (χ1n) is 5.31. The van der Waals surface area contributed by atoms with Gasteiger partial charge in [0.05, 0.1) is 11.1 Å². The van der Waals surface area contributed by atoms with Gasteiger partial charge >= 0.3 is 5.97 Å². The minimum absolute atomic E-state index is 0.590. The number of carboxylic acid groups (broad SMARTS) is 1. The lowest BCUT2D eigenvalue weighted by Gasteiger charge is -2.19. The Morgan fingerprint density at radius 2 is 2.50 bits per heavy atom. The molecular formula is C11H15N3O2. The molecule has 0 aromatic carbocycles. The Labute approximate surface area is 94.1 Å². The second-order valence-corrected chi connectivity index (χ2v) is 4.53. The van der Waals surface area contributed by atoms with Gasteiger partial charge in [-0.05, 0) is 26.0 Å². The van der Waals surface area contributed by atoms with Gasteiger partial charge in [-0.1, -0.05) is 0 Å². The van der Waals surface area contributed by atoms with Crippen LogP contribution < -0.4 is 0 Å². The molecule has 1 aliphatic rings. The van der Waals surface area contributed by atoms with E-state index in [1.54, 1.807) is 13.1 Å². The molecule has 0 aliphatic carbocycles. The highest BCUT2D eigenvalue weighted by molar-refractivity contribution is 5.74. The smallest absolute Gasteiger partial charge is 0.310 e. The Hall–Kier alpha value is -1.49. The van der Waals surface area contributed by atoms with Crippen LogP contribution in [0.25, 0.3) is 0 Å². The molecule has 0 radical (unpaired) electrons. The van der Waals surface area contributed by atoms with Crippen LogP contribution in [0.1, 0.15) is 19.0 Å². The number of nitrogens with zero attached hydrogens (tertiary/aromatic N) is 3. The number of aromatic nitrogens is 2. The van der Waals surface area contributed by atoms with Crippen LogP contribution in [-0.4, -0.2) is 39.0 Å². The maximum Gasteiger partial charge on any atom is 0.310 e. The molecule has 2 rings (SSSR count). The van der Waals surface area contributed by atoms with Crippen LogP contribution in [0.15, 0.2) is 18.6 Å². The molecule has 1 unspecified atom stereocenters. The van der Waals surface area contributed by atoms with Gasteiger partial charge < -0.3 is 5.11 Å². The molecule has 1 aliphatic heterocycles. The maximum atomic E-state index is 11.1. The van der Waals surface area contributed by atoms with Crippen molar-refractivity contribution in [3.8, 4) is 0 Å². The molecule has 0 saturated carbocycles. The van der Waals surface area contributed by atoms with Crippen LogP contribution in [0.5, 0.6) is 0 Å². The van der Waals surface area contributed by atoms with Gasteiger partial charge in [0.15, 0.2) is 0 Å². The molecule has 1 atom stereocenters. The minimum atomic E-state index is -0.710. The van der Waals surface area contributed by atoms with Crippen LogP contribution in [-0.2, 0) is 11.3 Å². The highest BCUT2D eigenvalue weighted by Crippen LogP contribution is 2.30. The van der Waals surface area contributed by atoms with Gasteiger partial charge in [-0.3, -0.25) is 9.69 Å². The molecule has 1 aromatic heterocycles. The van der Waals surface area contributed by atoms with E-state index in [0.29, 0.717) is 19.5 Å². The molecule has 1 saturated heterocycles. The fourth-order valence-electron chi connectivity index (χ4n) is 2.01. The SMILES string of the molecule is CC1(C(=O)O)CCN(Cc2ccncn2)C1. The lowest BCUT2D eigenvalue weighted by atomic mass is 9.90. The van der Waals surface area contributed by atoms with Crippen molar-refractivity contribution in [1.29, 1.82) is 0 Å². The summed E-state index contributed by atoms with van der Waals surface area (Å²) in [5.41, 5.74) is 0.331. The first kappa shape index (κ1) is 11.0. The number of hydrogen-bond acceptors (Lipinski definition) is 4. The van der Waals surface area contributed by atoms with Crippen molar-refractivity contribution >= 4 is 5.97 Å². The lowest BCUT2D eigenvalue weighted by molar-refractivity contribution is -0.147. The van der Waals surface area contributed by atoms with Crippen molar-refractivity contribution in [3.63, 3.8) is 0 Å². The van der Waals surface area contributed by atoms with E-state index >= 15 is 0 Å². The third-order valence-electron chi connectivity index (χ3n) is 3.10. The summed E-state index contributed by atoms with van der Waals surface area (Å²) in [4.78, 5) is 21.2. The van der Waals surface area contributed by atoms with Crippen LogP contribution in [0.4, 0.5) is 0 Å². The zero-order valence-electron chi connectivity index (χ0n) is 9.26. The molecule has 2 heterocycles. The topological polar surface area (TPSA) is 66.3 Å². The predicted molar refractivity (Wildman–Crippen MR) is 57.7 cm³/mol. The van der Waals surface area contributed by atoms with Gasteiger partial charge in [0.1, 0.15) is 6.33 Å². The third-order valence-corrected chi connectivity index (χ3v) is 3.10. The van der Waals surface area contributed by atoms with Gasteiger partial charge in [0, 0.05) is 19.3 Å². The Morgan fingerprint density at radius 3 is 3.06 bits per heavy atom. The minimum Gasteiger partial charge on any atom is -0.481 e.